The lowest BCUT2D eigenvalue weighted by Gasteiger charge is -2.36. The summed E-state index contributed by atoms with van der Waals surface area (Å²) < 4.78 is 4.92. The summed E-state index contributed by atoms with van der Waals surface area (Å²) >= 11 is 0. The van der Waals surface area contributed by atoms with Crippen LogP contribution in [0.25, 0.3) is 0 Å². The van der Waals surface area contributed by atoms with Gasteiger partial charge < -0.3 is 10.1 Å². The molecule has 0 radical (unpaired) electrons. The third-order valence-electron chi connectivity index (χ3n) is 5.88. The molecule has 0 aromatic heterocycles. The third-order valence-corrected chi connectivity index (χ3v) is 5.88. The van der Waals surface area contributed by atoms with Crippen LogP contribution in [-0.2, 0) is 14.3 Å². The van der Waals surface area contributed by atoms with Crippen LogP contribution in [0.15, 0.2) is 18.2 Å². The van der Waals surface area contributed by atoms with E-state index in [1.807, 2.05) is 6.92 Å². The number of nitrogens with one attached hydrogen (secondary N) is 1. The monoisotopic (exact) mass is 417 g/mol. The van der Waals surface area contributed by atoms with E-state index in [1.165, 1.54) is 12.1 Å². The number of hydrogen-bond acceptors (Lipinski definition) is 7. The van der Waals surface area contributed by atoms with Crippen LogP contribution in [0.3, 0.4) is 0 Å². The zero-order chi connectivity index (χ0) is 22.1. The van der Waals surface area contributed by atoms with Crippen molar-refractivity contribution in [2.24, 2.45) is 5.92 Å². The van der Waals surface area contributed by atoms with E-state index in [1.54, 1.807) is 6.92 Å². The van der Waals surface area contributed by atoms with Crippen molar-refractivity contribution in [3.63, 3.8) is 0 Å². The number of nitro benzene ring substituents is 1. The van der Waals surface area contributed by atoms with Gasteiger partial charge in [-0.3, -0.25) is 29.4 Å². The summed E-state index contributed by atoms with van der Waals surface area (Å²) in [6.45, 7) is 2.20. The molecule has 10 nitrogen and oxygen atoms in total. The first-order valence-electron chi connectivity index (χ1n) is 9.73. The van der Waals surface area contributed by atoms with Crippen LogP contribution in [0.5, 0.6) is 0 Å². The number of imide groups is 1. The number of aryl methyl sites for hydroxylation is 1. The molecule has 1 aliphatic carbocycles. The number of carbonyl (C=O) groups is 4. The van der Waals surface area contributed by atoms with Gasteiger partial charge >= 0.3 is 12.0 Å². The highest BCUT2D eigenvalue weighted by atomic mass is 16.6. The zero-order valence-corrected chi connectivity index (χ0v) is 16.8. The molecule has 2 aliphatic rings. The number of urea groups is 1. The van der Waals surface area contributed by atoms with Crippen LogP contribution in [0.1, 0.15) is 48.5 Å². The van der Waals surface area contributed by atoms with E-state index in [0.29, 0.717) is 12.0 Å². The molecule has 3 rings (SSSR count). The normalized spacial score (nSPS) is 23.4. The Bertz CT molecular complexity index is 929. The van der Waals surface area contributed by atoms with E-state index >= 15 is 0 Å². The molecule has 3 amide bonds. The van der Waals surface area contributed by atoms with Crippen molar-refractivity contribution in [2.75, 3.05) is 13.2 Å². The van der Waals surface area contributed by atoms with Crippen molar-refractivity contribution < 1.29 is 28.8 Å². The molecule has 2 fully saturated rings. The number of carbonyl (C=O) groups excluding carboxylic acids is 4. The number of hydrogen-bond donors (Lipinski definition) is 1. The molecule has 1 N–H and O–H groups in total. The van der Waals surface area contributed by atoms with Crippen molar-refractivity contribution in [3.8, 4) is 0 Å². The standard InChI is InChI=1S/C20H23N3O7/c1-12-6-7-14(9-15(12)23(28)29)16(24)11-30-17(25)10-22-18(26)20(21-19(22)27)8-4-3-5-13(20)2/h6-7,9,13H,3-5,8,10-11H2,1-2H3,(H,21,27)/t13-,20+/m0/s1. The lowest BCUT2D eigenvalue weighted by Crippen LogP contribution is -2.54. The topological polar surface area (TPSA) is 136 Å². The van der Waals surface area contributed by atoms with E-state index in [9.17, 15) is 29.3 Å². The Morgan fingerprint density at radius 1 is 1.33 bits per heavy atom. The Kier molecular flexibility index (Phi) is 5.86. The van der Waals surface area contributed by atoms with Gasteiger partial charge in [-0.1, -0.05) is 31.9 Å². The Labute approximate surface area is 172 Å². The number of esters is 1. The second-order valence-corrected chi connectivity index (χ2v) is 7.78. The van der Waals surface area contributed by atoms with Gasteiger partial charge in [-0.05, 0) is 25.7 Å². The van der Waals surface area contributed by atoms with Gasteiger partial charge in [-0.2, -0.15) is 0 Å². The molecule has 30 heavy (non-hydrogen) atoms. The van der Waals surface area contributed by atoms with Crippen LogP contribution in [0, 0.1) is 23.0 Å². The van der Waals surface area contributed by atoms with Gasteiger partial charge in [0.1, 0.15) is 12.1 Å². The lowest BCUT2D eigenvalue weighted by molar-refractivity contribution is -0.385. The summed E-state index contributed by atoms with van der Waals surface area (Å²) in [5.41, 5.74) is -0.756. The van der Waals surface area contributed by atoms with Crippen molar-refractivity contribution in [2.45, 2.75) is 45.1 Å². The number of ketones is 1. The van der Waals surface area contributed by atoms with Crippen molar-refractivity contribution >= 4 is 29.4 Å². The fourth-order valence-corrected chi connectivity index (χ4v) is 4.02. The smallest absolute Gasteiger partial charge is 0.326 e. The van der Waals surface area contributed by atoms with Gasteiger partial charge in [0, 0.05) is 17.2 Å². The van der Waals surface area contributed by atoms with Crippen LogP contribution < -0.4 is 5.32 Å². The quantitative estimate of drug-likeness (QED) is 0.246. The minimum absolute atomic E-state index is 0.0325. The summed E-state index contributed by atoms with van der Waals surface area (Å²) in [7, 11) is 0. The lowest BCUT2D eigenvalue weighted by atomic mass is 9.73. The number of amides is 3. The van der Waals surface area contributed by atoms with Crippen molar-refractivity contribution in [1.82, 2.24) is 10.2 Å². The van der Waals surface area contributed by atoms with Gasteiger partial charge in [0.15, 0.2) is 6.61 Å². The van der Waals surface area contributed by atoms with Crippen molar-refractivity contribution in [1.29, 1.82) is 0 Å². The molecular weight excluding hydrogens is 394 g/mol. The highest BCUT2D eigenvalue weighted by molar-refractivity contribution is 6.09. The SMILES string of the molecule is Cc1ccc(C(=O)COC(=O)CN2C(=O)N[C@@]3(CCCC[C@@H]3C)C2=O)cc1[N+](=O)[O-]. The Morgan fingerprint density at radius 2 is 2.07 bits per heavy atom. The molecule has 1 saturated carbocycles. The van der Waals surface area contributed by atoms with E-state index in [0.717, 1.165) is 30.2 Å². The van der Waals surface area contributed by atoms with Gasteiger partial charge in [0.25, 0.3) is 11.6 Å². The maximum Gasteiger partial charge on any atom is 0.326 e. The molecule has 1 aliphatic heterocycles. The van der Waals surface area contributed by atoms with Crippen LogP contribution >= 0.6 is 0 Å². The summed E-state index contributed by atoms with van der Waals surface area (Å²) in [6, 6.07) is 3.32. The highest BCUT2D eigenvalue weighted by Gasteiger charge is 2.55. The minimum Gasteiger partial charge on any atom is -0.456 e. The maximum atomic E-state index is 12.8. The molecule has 0 bridgehead atoms. The predicted molar refractivity (Wildman–Crippen MR) is 104 cm³/mol. The molecule has 1 heterocycles. The number of Topliss-reactive ketones (excluding diaryl/α,β-unsaturated/α-hetero) is 1. The van der Waals surface area contributed by atoms with Gasteiger partial charge in [-0.25, -0.2) is 4.79 Å². The fourth-order valence-electron chi connectivity index (χ4n) is 4.02. The summed E-state index contributed by atoms with van der Waals surface area (Å²) in [5.74, 6) is -2.02. The molecule has 1 spiro atoms. The number of rotatable bonds is 6. The number of nitro groups is 1. The van der Waals surface area contributed by atoms with Gasteiger partial charge in [-0.15, -0.1) is 0 Å². The molecular formula is C20H23N3O7. The van der Waals surface area contributed by atoms with Gasteiger partial charge in [0.2, 0.25) is 5.78 Å². The molecule has 1 saturated heterocycles. The first kappa shape index (κ1) is 21.4. The minimum atomic E-state index is -0.980. The molecule has 10 heteroatoms. The van der Waals surface area contributed by atoms with E-state index in [4.69, 9.17) is 4.74 Å². The predicted octanol–water partition coefficient (Wildman–Crippen LogP) is 2.13. The Balaban J connectivity index is 1.60. The van der Waals surface area contributed by atoms with Crippen LogP contribution in [0.4, 0.5) is 10.5 Å². The summed E-state index contributed by atoms with van der Waals surface area (Å²) in [6.07, 6.45) is 3.12. The van der Waals surface area contributed by atoms with Crippen molar-refractivity contribution in [3.05, 3.63) is 39.4 Å². The second kappa shape index (κ2) is 8.21. The zero-order valence-electron chi connectivity index (χ0n) is 16.8. The number of nitrogens with zero attached hydrogens (tertiary/aromatic N) is 2. The van der Waals surface area contributed by atoms with Crippen LogP contribution in [0.2, 0.25) is 0 Å². The van der Waals surface area contributed by atoms with E-state index < -0.39 is 47.3 Å². The fraction of sp³-hybridized carbons (Fsp3) is 0.500. The molecule has 0 unspecified atom stereocenters. The van der Waals surface area contributed by atoms with E-state index in [2.05, 4.69) is 5.32 Å². The summed E-state index contributed by atoms with van der Waals surface area (Å²) in [5, 5.41) is 13.7. The number of benzene rings is 1. The third kappa shape index (κ3) is 3.89. The Hall–Kier alpha value is -3.30. The first-order valence-corrected chi connectivity index (χ1v) is 9.73. The molecule has 1 aromatic carbocycles. The average molecular weight is 417 g/mol. The Morgan fingerprint density at radius 3 is 2.73 bits per heavy atom. The number of ether oxygens (including phenoxy) is 1. The summed E-state index contributed by atoms with van der Waals surface area (Å²) in [4.78, 5) is 60.7. The van der Waals surface area contributed by atoms with Crippen LogP contribution in [-0.4, -0.2) is 52.2 Å². The molecule has 1 aromatic rings. The van der Waals surface area contributed by atoms with Gasteiger partial charge in [0.05, 0.1) is 4.92 Å². The largest absolute Gasteiger partial charge is 0.456 e. The molecule has 2 atom stereocenters. The average Bonchev–Trinajstić information content (AvgIpc) is 2.93. The maximum absolute atomic E-state index is 12.8. The highest BCUT2D eigenvalue weighted by Crippen LogP contribution is 2.38. The molecule has 160 valence electrons. The first-order chi connectivity index (χ1) is 14.2. The second-order valence-electron chi connectivity index (χ2n) is 7.78. The van der Waals surface area contributed by atoms with E-state index in [-0.39, 0.29) is 17.2 Å².